The number of carbonyl (C=O) groups is 1. The quantitative estimate of drug-likeness (QED) is 0.766. The zero-order valence-electron chi connectivity index (χ0n) is 15.7. The Balaban J connectivity index is 1.89. The number of hydrogen-bond acceptors (Lipinski definition) is 5. The molecule has 2 saturated heterocycles. The Morgan fingerprint density at radius 1 is 1.15 bits per heavy atom. The molecule has 0 saturated carbocycles. The maximum absolute atomic E-state index is 13.0. The summed E-state index contributed by atoms with van der Waals surface area (Å²) in [6, 6.07) is 4.68. The lowest BCUT2D eigenvalue weighted by Gasteiger charge is -2.27. The van der Waals surface area contributed by atoms with Crippen LogP contribution in [0.1, 0.15) is 26.2 Å². The van der Waals surface area contributed by atoms with Crippen molar-refractivity contribution in [3.63, 3.8) is 0 Å². The Morgan fingerprint density at radius 3 is 2.52 bits per heavy atom. The van der Waals surface area contributed by atoms with Gasteiger partial charge in [0.2, 0.25) is 10.0 Å². The molecule has 3 rings (SSSR count). The molecular weight excluding hydrogens is 368 g/mol. The van der Waals surface area contributed by atoms with Gasteiger partial charge in [0.15, 0.2) is 0 Å². The van der Waals surface area contributed by atoms with Crippen molar-refractivity contribution in [3.05, 3.63) is 18.2 Å². The summed E-state index contributed by atoms with van der Waals surface area (Å²) in [7, 11) is -3.61. The zero-order valence-corrected chi connectivity index (χ0v) is 16.6. The van der Waals surface area contributed by atoms with Crippen LogP contribution in [-0.4, -0.2) is 64.7 Å². The van der Waals surface area contributed by atoms with Crippen molar-refractivity contribution in [3.8, 4) is 0 Å². The van der Waals surface area contributed by atoms with E-state index in [1.807, 2.05) is 6.92 Å². The van der Waals surface area contributed by atoms with Crippen LogP contribution >= 0.6 is 0 Å². The van der Waals surface area contributed by atoms with E-state index in [4.69, 9.17) is 4.74 Å². The summed E-state index contributed by atoms with van der Waals surface area (Å²) in [5, 5.41) is 5.61. The van der Waals surface area contributed by atoms with E-state index in [9.17, 15) is 13.2 Å². The Bertz CT molecular complexity index is 757. The van der Waals surface area contributed by atoms with E-state index in [0.29, 0.717) is 38.5 Å². The highest BCUT2D eigenvalue weighted by Crippen LogP contribution is 2.32. The molecule has 2 N–H and O–H groups in total. The number of rotatable bonds is 6. The summed E-state index contributed by atoms with van der Waals surface area (Å²) in [5.74, 6) is 0. The number of urea groups is 1. The highest BCUT2D eigenvalue weighted by atomic mass is 32.2. The molecule has 0 spiro atoms. The predicted octanol–water partition coefficient (Wildman–Crippen LogP) is 1.84. The third-order valence-corrected chi connectivity index (χ3v) is 6.70. The molecule has 0 aliphatic carbocycles. The van der Waals surface area contributed by atoms with Crippen LogP contribution in [0.25, 0.3) is 0 Å². The largest absolute Gasteiger partial charge is 0.379 e. The molecule has 0 unspecified atom stereocenters. The van der Waals surface area contributed by atoms with Crippen molar-refractivity contribution in [2.24, 2.45) is 0 Å². The molecule has 1 aromatic carbocycles. The van der Waals surface area contributed by atoms with E-state index in [1.165, 1.54) is 4.31 Å². The summed E-state index contributed by atoms with van der Waals surface area (Å²) in [6.07, 6.45) is 3.02. The Hall–Kier alpha value is -1.84. The number of amides is 2. The lowest BCUT2D eigenvalue weighted by Crippen LogP contribution is -2.40. The van der Waals surface area contributed by atoms with Gasteiger partial charge in [0.1, 0.15) is 0 Å². The van der Waals surface area contributed by atoms with Gasteiger partial charge in [-0.1, -0.05) is 6.92 Å². The minimum Gasteiger partial charge on any atom is -0.379 e. The van der Waals surface area contributed by atoms with Gasteiger partial charge >= 0.3 is 6.03 Å². The summed E-state index contributed by atoms with van der Waals surface area (Å²) in [5.41, 5.74) is 1.39. The predicted molar refractivity (Wildman–Crippen MR) is 105 cm³/mol. The first-order valence-corrected chi connectivity index (χ1v) is 11.0. The van der Waals surface area contributed by atoms with E-state index >= 15 is 0 Å². The smallest absolute Gasteiger partial charge is 0.319 e. The van der Waals surface area contributed by atoms with Crippen LogP contribution in [0, 0.1) is 0 Å². The van der Waals surface area contributed by atoms with Crippen molar-refractivity contribution in [2.75, 3.05) is 56.2 Å². The van der Waals surface area contributed by atoms with Crippen molar-refractivity contribution in [1.82, 2.24) is 9.62 Å². The number of nitrogens with one attached hydrogen (secondary N) is 2. The monoisotopic (exact) mass is 396 g/mol. The van der Waals surface area contributed by atoms with Crippen LogP contribution in [0.3, 0.4) is 0 Å². The van der Waals surface area contributed by atoms with Gasteiger partial charge < -0.3 is 20.3 Å². The first-order chi connectivity index (χ1) is 13.0. The molecule has 2 aliphatic heterocycles. The van der Waals surface area contributed by atoms with Crippen molar-refractivity contribution in [2.45, 2.75) is 31.1 Å². The summed E-state index contributed by atoms with van der Waals surface area (Å²) < 4.78 is 32.6. The second kappa shape index (κ2) is 8.90. The molecule has 0 atom stereocenters. The number of hydrogen-bond donors (Lipinski definition) is 2. The SMILES string of the molecule is CCCNC(=O)Nc1cc(S(=O)(=O)N2CCOCC2)ccc1N1CCCC1. The molecule has 0 aromatic heterocycles. The van der Waals surface area contributed by atoms with Crippen LogP contribution in [0.5, 0.6) is 0 Å². The molecular formula is C18H28N4O4S. The van der Waals surface area contributed by atoms with Gasteiger partial charge in [0.05, 0.1) is 29.5 Å². The van der Waals surface area contributed by atoms with Gasteiger partial charge in [0, 0.05) is 32.7 Å². The minimum atomic E-state index is -3.61. The third kappa shape index (κ3) is 4.72. The standard InChI is InChI=1S/C18H28N4O4S/c1-2-7-19-18(23)20-16-14-15(5-6-17(16)21-8-3-4-9-21)27(24,25)22-10-12-26-13-11-22/h5-6,14H,2-4,7-13H2,1H3,(H2,19,20,23). The molecule has 8 nitrogen and oxygen atoms in total. The van der Waals surface area contributed by atoms with Crippen LogP contribution < -0.4 is 15.5 Å². The normalized spacial score (nSPS) is 18.5. The maximum atomic E-state index is 13.0. The average molecular weight is 397 g/mol. The first-order valence-electron chi connectivity index (χ1n) is 9.54. The summed E-state index contributed by atoms with van der Waals surface area (Å²) >= 11 is 0. The topological polar surface area (TPSA) is 91.0 Å². The second-order valence-corrected chi connectivity index (χ2v) is 8.71. The second-order valence-electron chi connectivity index (χ2n) is 6.77. The highest BCUT2D eigenvalue weighted by molar-refractivity contribution is 7.89. The van der Waals surface area contributed by atoms with E-state index in [0.717, 1.165) is 38.0 Å². The Morgan fingerprint density at radius 2 is 1.85 bits per heavy atom. The minimum absolute atomic E-state index is 0.193. The van der Waals surface area contributed by atoms with Crippen molar-refractivity contribution >= 4 is 27.4 Å². The lowest BCUT2D eigenvalue weighted by atomic mass is 10.2. The fourth-order valence-corrected chi connectivity index (χ4v) is 4.79. The summed E-state index contributed by atoms with van der Waals surface area (Å²) in [4.78, 5) is 14.6. The number of benzene rings is 1. The van der Waals surface area contributed by atoms with E-state index < -0.39 is 10.0 Å². The van der Waals surface area contributed by atoms with Crippen LogP contribution in [0.15, 0.2) is 23.1 Å². The highest BCUT2D eigenvalue weighted by Gasteiger charge is 2.28. The zero-order chi connectivity index (χ0) is 19.3. The molecule has 9 heteroatoms. The van der Waals surface area contributed by atoms with Gasteiger partial charge in [-0.3, -0.25) is 0 Å². The van der Waals surface area contributed by atoms with Gasteiger partial charge in [0.25, 0.3) is 0 Å². The fourth-order valence-electron chi connectivity index (χ4n) is 3.35. The molecule has 27 heavy (non-hydrogen) atoms. The average Bonchev–Trinajstić information content (AvgIpc) is 3.21. The van der Waals surface area contributed by atoms with Crippen molar-refractivity contribution in [1.29, 1.82) is 0 Å². The molecule has 2 fully saturated rings. The number of morpholine rings is 1. The van der Waals surface area contributed by atoms with Gasteiger partial charge in [-0.15, -0.1) is 0 Å². The number of anilines is 2. The lowest BCUT2D eigenvalue weighted by molar-refractivity contribution is 0.0730. The number of sulfonamides is 1. The van der Waals surface area contributed by atoms with Gasteiger partial charge in [-0.25, -0.2) is 13.2 Å². The fraction of sp³-hybridized carbons (Fsp3) is 0.611. The third-order valence-electron chi connectivity index (χ3n) is 4.81. The molecule has 0 radical (unpaired) electrons. The first kappa shape index (κ1) is 19.9. The number of nitrogens with zero attached hydrogens (tertiary/aromatic N) is 2. The molecule has 1 aromatic rings. The Kier molecular flexibility index (Phi) is 6.56. The van der Waals surface area contributed by atoms with Crippen LogP contribution in [0.2, 0.25) is 0 Å². The molecule has 2 aliphatic rings. The van der Waals surface area contributed by atoms with Crippen LogP contribution in [0.4, 0.5) is 16.2 Å². The van der Waals surface area contributed by atoms with Crippen molar-refractivity contribution < 1.29 is 17.9 Å². The van der Waals surface area contributed by atoms with Crippen LogP contribution in [-0.2, 0) is 14.8 Å². The van der Waals surface area contributed by atoms with E-state index in [2.05, 4.69) is 15.5 Å². The maximum Gasteiger partial charge on any atom is 0.319 e. The molecule has 0 bridgehead atoms. The van der Waals surface area contributed by atoms with E-state index in [1.54, 1.807) is 18.2 Å². The number of ether oxygens (including phenoxy) is 1. The number of carbonyl (C=O) groups excluding carboxylic acids is 1. The summed E-state index contributed by atoms with van der Waals surface area (Å²) in [6.45, 7) is 5.83. The molecule has 2 amide bonds. The molecule has 150 valence electrons. The molecule has 2 heterocycles. The van der Waals surface area contributed by atoms with Gasteiger partial charge in [-0.2, -0.15) is 4.31 Å². The van der Waals surface area contributed by atoms with Gasteiger partial charge in [-0.05, 0) is 37.5 Å². The van der Waals surface area contributed by atoms with E-state index in [-0.39, 0.29) is 10.9 Å². The Labute approximate surface area is 160 Å².